The van der Waals surface area contributed by atoms with E-state index in [0.29, 0.717) is 10.6 Å². The maximum atomic E-state index is 13.3. The van der Waals surface area contributed by atoms with Crippen molar-refractivity contribution in [2.24, 2.45) is 11.3 Å². The van der Waals surface area contributed by atoms with Crippen LogP contribution in [-0.2, 0) is 4.74 Å². The van der Waals surface area contributed by atoms with Gasteiger partial charge in [-0.1, -0.05) is 32.4 Å². The molecule has 0 radical (unpaired) electrons. The average Bonchev–Trinajstić information content (AvgIpc) is 2.27. The van der Waals surface area contributed by atoms with E-state index < -0.39 is 0 Å². The van der Waals surface area contributed by atoms with Gasteiger partial charge in [-0.15, -0.1) is 0 Å². The number of nitrogens with one attached hydrogen (secondary N) is 1. The first-order chi connectivity index (χ1) is 8.31. The zero-order valence-corrected chi connectivity index (χ0v) is 11.9. The maximum absolute atomic E-state index is 13.3. The summed E-state index contributed by atoms with van der Waals surface area (Å²) in [4.78, 5) is 0. The van der Waals surface area contributed by atoms with Crippen LogP contribution in [0.5, 0.6) is 0 Å². The van der Waals surface area contributed by atoms with Crippen LogP contribution < -0.4 is 11.3 Å². The molecule has 1 rings (SSSR count). The van der Waals surface area contributed by atoms with E-state index in [-0.39, 0.29) is 23.4 Å². The smallest absolute Gasteiger partial charge is 0.123 e. The fourth-order valence-electron chi connectivity index (χ4n) is 2.08. The molecule has 0 saturated carbocycles. The third-order valence-electron chi connectivity index (χ3n) is 2.88. The molecule has 3 nitrogen and oxygen atoms in total. The minimum atomic E-state index is -0.377. The molecule has 0 saturated heterocycles. The van der Waals surface area contributed by atoms with Gasteiger partial charge >= 0.3 is 0 Å². The van der Waals surface area contributed by atoms with Gasteiger partial charge in [-0.05, 0) is 29.2 Å². The standard InChI is InChI=1S/C13H20ClFN2O/c1-13(2,3)12(18-4)11(17-16)9-7-8(15)5-6-10(9)14/h5-7,11-12,17H,16H2,1-4H3. The van der Waals surface area contributed by atoms with Crippen LogP contribution in [0.4, 0.5) is 4.39 Å². The molecule has 5 heteroatoms. The SMILES string of the molecule is COC(C(NN)c1cc(F)ccc1Cl)C(C)(C)C. The molecule has 0 aliphatic rings. The van der Waals surface area contributed by atoms with Crippen molar-refractivity contribution in [1.29, 1.82) is 0 Å². The minimum Gasteiger partial charge on any atom is -0.379 e. The van der Waals surface area contributed by atoms with Crippen molar-refractivity contribution in [3.05, 3.63) is 34.6 Å². The first kappa shape index (κ1) is 15.4. The maximum Gasteiger partial charge on any atom is 0.123 e. The number of ether oxygens (including phenoxy) is 1. The van der Waals surface area contributed by atoms with Gasteiger partial charge in [0, 0.05) is 12.1 Å². The second-order valence-corrected chi connectivity index (χ2v) is 5.74. The lowest BCUT2D eigenvalue weighted by molar-refractivity contribution is -0.0120. The molecule has 0 aromatic heterocycles. The Balaban J connectivity index is 3.19. The molecule has 0 aliphatic carbocycles. The van der Waals surface area contributed by atoms with Gasteiger partial charge in [0.25, 0.3) is 0 Å². The van der Waals surface area contributed by atoms with Gasteiger partial charge in [0.05, 0.1) is 12.1 Å². The van der Waals surface area contributed by atoms with E-state index in [4.69, 9.17) is 22.2 Å². The van der Waals surface area contributed by atoms with Crippen LogP contribution in [0.3, 0.4) is 0 Å². The molecule has 1 aromatic carbocycles. The monoisotopic (exact) mass is 274 g/mol. The highest BCUT2D eigenvalue weighted by atomic mass is 35.5. The van der Waals surface area contributed by atoms with Gasteiger partial charge in [-0.25, -0.2) is 4.39 Å². The molecule has 18 heavy (non-hydrogen) atoms. The van der Waals surface area contributed by atoms with Crippen LogP contribution >= 0.6 is 11.6 Å². The molecule has 2 unspecified atom stereocenters. The van der Waals surface area contributed by atoms with E-state index in [9.17, 15) is 4.39 Å². The summed E-state index contributed by atoms with van der Waals surface area (Å²) in [5, 5.41) is 0.464. The third-order valence-corrected chi connectivity index (χ3v) is 3.23. The number of hydrazine groups is 1. The molecule has 0 fully saturated rings. The minimum absolute atomic E-state index is 0.165. The lowest BCUT2D eigenvalue weighted by Gasteiger charge is -2.36. The molecule has 1 aromatic rings. The summed E-state index contributed by atoms with van der Waals surface area (Å²) in [7, 11) is 1.60. The number of halogens is 2. The highest BCUT2D eigenvalue weighted by Crippen LogP contribution is 2.35. The van der Waals surface area contributed by atoms with Crippen molar-refractivity contribution < 1.29 is 9.13 Å². The van der Waals surface area contributed by atoms with Gasteiger partial charge in [-0.3, -0.25) is 11.3 Å². The Morgan fingerprint density at radius 2 is 2.00 bits per heavy atom. The molecule has 2 atom stereocenters. The topological polar surface area (TPSA) is 47.3 Å². The Morgan fingerprint density at radius 3 is 2.44 bits per heavy atom. The second-order valence-electron chi connectivity index (χ2n) is 5.33. The average molecular weight is 275 g/mol. The summed E-state index contributed by atoms with van der Waals surface area (Å²) in [5.41, 5.74) is 3.10. The van der Waals surface area contributed by atoms with Gasteiger partial charge in [0.2, 0.25) is 0 Å². The van der Waals surface area contributed by atoms with Crippen LogP contribution in [0, 0.1) is 11.2 Å². The number of hydrogen-bond acceptors (Lipinski definition) is 3. The zero-order chi connectivity index (χ0) is 13.9. The molecule has 0 amide bonds. The summed E-state index contributed by atoms with van der Waals surface area (Å²) < 4.78 is 18.8. The first-order valence-electron chi connectivity index (χ1n) is 5.75. The summed E-state index contributed by atoms with van der Waals surface area (Å²) >= 11 is 6.10. The highest BCUT2D eigenvalue weighted by Gasteiger charge is 2.34. The van der Waals surface area contributed by atoms with Crippen molar-refractivity contribution in [3.63, 3.8) is 0 Å². The van der Waals surface area contributed by atoms with E-state index in [1.165, 1.54) is 18.2 Å². The van der Waals surface area contributed by atoms with E-state index in [0.717, 1.165) is 0 Å². The van der Waals surface area contributed by atoms with E-state index >= 15 is 0 Å². The molecule has 0 heterocycles. The van der Waals surface area contributed by atoms with Crippen molar-refractivity contribution in [2.75, 3.05) is 7.11 Å². The fourth-order valence-corrected chi connectivity index (χ4v) is 2.32. The quantitative estimate of drug-likeness (QED) is 0.655. The van der Waals surface area contributed by atoms with Crippen LogP contribution in [0.1, 0.15) is 32.4 Å². The Kier molecular flexibility index (Phi) is 5.10. The number of rotatable bonds is 4. The van der Waals surface area contributed by atoms with Crippen molar-refractivity contribution in [3.8, 4) is 0 Å². The largest absolute Gasteiger partial charge is 0.379 e. The van der Waals surface area contributed by atoms with Crippen LogP contribution in [0.15, 0.2) is 18.2 Å². The van der Waals surface area contributed by atoms with E-state index in [1.807, 2.05) is 20.8 Å². The lowest BCUT2D eigenvalue weighted by atomic mass is 9.82. The summed E-state index contributed by atoms with van der Waals surface area (Å²) in [6.07, 6.45) is -0.234. The predicted octanol–water partition coefficient (Wildman–Crippen LogP) is 3.04. The van der Waals surface area contributed by atoms with Crippen LogP contribution in [0.2, 0.25) is 5.02 Å². The number of methoxy groups -OCH3 is 1. The van der Waals surface area contributed by atoms with E-state index in [2.05, 4.69) is 5.43 Å². The van der Waals surface area contributed by atoms with Gasteiger partial charge in [0.1, 0.15) is 5.82 Å². The van der Waals surface area contributed by atoms with Crippen molar-refractivity contribution >= 4 is 11.6 Å². The molecular formula is C13H20ClFN2O. The predicted molar refractivity (Wildman–Crippen MR) is 71.7 cm³/mol. The molecular weight excluding hydrogens is 255 g/mol. The molecule has 0 bridgehead atoms. The van der Waals surface area contributed by atoms with Crippen LogP contribution in [-0.4, -0.2) is 13.2 Å². The van der Waals surface area contributed by atoms with Gasteiger partial charge < -0.3 is 4.74 Å². The van der Waals surface area contributed by atoms with Crippen molar-refractivity contribution in [1.82, 2.24) is 5.43 Å². The summed E-state index contributed by atoms with van der Waals surface area (Å²) in [6, 6.07) is 3.84. The van der Waals surface area contributed by atoms with Crippen LogP contribution in [0.25, 0.3) is 0 Å². The highest BCUT2D eigenvalue weighted by molar-refractivity contribution is 6.31. The number of hydrogen-bond donors (Lipinski definition) is 2. The number of benzene rings is 1. The lowest BCUT2D eigenvalue weighted by Crippen LogP contribution is -2.44. The van der Waals surface area contributed by atoms with E-state index in [1.54, 1.807) is 7.11 Å². The fraction of sp³-hybridized carbons (Fsp3) is 0.538. The molecule has 102 valence electrons. The first-order valence-corrected chi connectivity index (χ1v) is 6.13. The molecule has 3 N–H and O–H groups in total. The Hall–Kier alpha value is -0.680. The Morgan fingerprint density at radius 1 is 1.39 bits per heavy atom. The number of nitrogens with two attached hydrogens (primary N) is 1. The Labute approximate surface area is 112 Å². The third kappa shape index (κ3) is 3.42. The molecule has 0 spiro atoms. The normalized spacial score (nSPS) is 15.5. The summed E-state index contributed by atoms with van der Waals surface area (Å²) in [5.74, 6) is 5.24. The second kappa shape index (κ2) is 5.97. The molecule has 0 aliphatic heterocycles. The van der Waals surface area contributed by atoms with Crippen molar-refractivity contribution in [2.45, 2.75) is 32.9 Å². The van der Waals surface area contributed by atoms with Gasteiger partial charge in [0.15, 0.2) is 0 Å². The van der Waals surface area contributed by atoms with Gasteiger partial charge in [-0.2, -0.15) is 0 Å². The zero-order valence-electron chi connectivity index (χ0n) is 11.1. The summed E-state index contributed by atoms with van der Waals surface area (Å²) in [6.45, 7) is 6.08. The Bertz CT molecular complexity index is 406.